The number of anilines is 1. The van der Waals surface area contributed by atoms with Crippen molar-refractivity contribution in [2.24, 2.45) is 5.92 Å². The van der Waals surface area contributed by atoms with Crippen LogP contribution >= 0.6 is 0 Å². The highest BCUT2D eigenvalue weighted by molar-refractivity contribution is 5.57. The Morgan fingerprint density at radius 3 is 2.76 bits per heavy atom. The van der Waals surface area contributed by atoms with Gasteiger partial charge in [-0.2, -0.15) is 0 Å². The molecule has 0 aliphatic heterocycles. The molecule has 1 saturated carbocycles. The summed E-state index contributed by atoms with van der Waals surface area (Å²) in [6.07, 6.45) is 3.55. The smallest absolute Gasteiger partial charge is 0.271 e. The second-order valence-electron chi connectivity index (χ2n) is 5.02. The van der Waals surface area contributed by atoms with Crippen molar-refractivity contribution in [3.05, 3.63) is 33.9 Å². The number of nitrogens with one attached hydrogen (secondary N) is 1. The molecule has 0 saturated heterocycles. The van der Waals surface area contributed by atoms with Crippen molar-refractivity contribution < 1.29 is 4.92 Å². The Bertz CT molecular complexity index is 431. The molecule has 0 bridgehead atoms. The minimum atomic E-state index is -0.345. The molecule has 1 aliphatic rings. The van der Waals surface area contributed by atoms with Crippen LogP contribution in [0.1, 0.15) is 31.7 Å². The number of nitro groups is 1. The summed E-state index contributed by atoms with van der Waals surface area (Å²) in [4.78, 5) is 10.4. The highest BCUT2D eigenvalue weighted by atomic mass is 16.6. The van der Waals surface area contributed by atoms with Gasteiger partial charge in [0.1, 0.15) is 0 Å². The number of benzene rings is 1. The summed E-state index contributed by atoms with van der Waals surface area (Å²) in [6, 6.07) is 5.46. The maximum atomic E-state index is 10.7. The van der Waals surface area contributed by atoms with E-state index < -0.39 is 0 Å². The standard InChI is InChI=1S/C13H18N2O2/c1-9-3-5-11(7-9)14-13-8-12(15(16)17)6-4-10(13)2/h4,6,8-9,11,14H,3,5,7H2,1-2H3. The Labute approximate surface area is 101 Å². The predicted molar refractivity (Wildman–Crippen MR) is 68.3 cm³/mol. The topological polar surface area (TPSA) is 55.2 Å². The van der Waals surface area contributed by atoms with Crippen LogP contribution in [-0.4, -0.2) is 11.0 Å². The predicted octanol–water partition coefficient (Wildman–Crippen LogP) is 3.50. The van der Waals surface area contributed by atoms with Gasteiger partial charge in [-0.3, -0.25) is 10.1 Å². The molecule has 4 nitrogen and oxygen atoms in total. The van der Waals surface area contributed by atoms with Crippen LogP contribution in [0.4, 0.5) is 11.4 Å². The number of nitrogens with zero attached hydrogens (tertiary/aromatic N) is 1. The minimum Gasteiger partial charge on any atom is -0.382 e. The summed E-state index contributed by atoms with van der Waals surface area (Å²) >= 11 is 0. The molecule has 0 radical (unpaired) electrons. The molecular formula is C13H18N2O2. The minimum absolute atomic E-state index is 0.157. The molecule has 92 valence electrons. The zero-order valence-corrected chi connectivity index (χ0v) is 10.3. The van der Waals surface area contributed by atoms with Crippen molar-refractivity contribution in [1.82, 2.24) is 0 Å². The van der Waals surface area contributed by atoms with Crippen molar-refractivity contribution in [2.45, 2.75) is 39.2 Å². The first-order chi connectivity index (χ1) is 8.06. The van der Waals surface area contributed by atoms with Gasteiger partial charge >= 0.3 is 0 Å². The largest absolute Gasteiger partial charge is 0.382 e. The van der Waals surface area contributed by atoms with Crippen LogP contribution in [0, 0.1) is 23.0 Å². The normalized spacial score (nSPS) is 23.6. The molecule has 4 heteroatoms. The van der Waals surface area contributed by atoms with E-state index in [0.29, 0.717) is 6.04 Å². The molecule has 2 atom stereocenters. The van der Waals surface area contributed by atoms with E-state index in [-0.39, 0.29) is 10.6 Å². The van der Waals surface area contributed by atoms with Gasteiger partial charge < -0.3 is 5.32 Å². The number of rotatable bonds is 3. The quantitative estimate of drug-likeness (QED) is 0.643. The number of hydrogen-bond acceptors (Lipinski definition) is 3. The van der Waals surface area contributed by atoms with Crippen molar-refractivity contribution in [3.63, 3.8) is 0 Å². The van der Waals surface area contributed by atoms with Gasteiger partial charge in [-0.05, 0) is 37.7 Å². The van der Waals surface area contributed by atoms with E-state index in [1.54, 1.807) is 18.2 Å². The Hall–Kier alpha value is -1.58. The van der Waals surface area contributed by atoms with Crippen LogP contribution in [0.2, 0.25) is 0 Å². The SMILES string of the molecule is Cc1ccc([N+](=O)[O-])cc1NC1CCC(C)C1. The summed E-state index contributed by atoms with van der Waals surface area (Å²) in [5, 5.41) is 14.2. The molecule has 2 rings (SSSR count). The zero-order valence-electron chi connectivity index (χ0n) is 10.3. The average molecular weight is 234 g/mol. The van der Waals surface area contributed by atoms with E-state index in [0.717, 1.165) is 30.0 Å². The zero-order chi connectivity index (χ0) is 12.4. The second kappa shape index (κ2) is 4.73. The molecule has 2 unspecified atom stereocenters. The van der Waals surface area contributed by atoms with Gasteiger partial charge in [-0.1, -0.05) is 13.0 Å². The molecule has 1 N–H and O–H groups in total. The van der Waals surface area contributed by atoms with Gasteiger partial charge in [-0.15, -0.1) is 0 Å². The number of hydrogen-bond donors (Lipinski definition) is 1. The third-order valence-corrected chi connectivity index (χ3v) is 3.49. The monoisotopic (exact) mass is 234 g/mol. The van der Waals surface area contributed by atoms with E-state index in [1.807, 2.05) is 6.92 Å². The van der Waals surface area contributed by atoms with Gasteiger partial charge in [0.05, 0.1) is 4.92 Å². The Balaban J connectivity index is 2.14. The van der Waals surface area contributed by atoms with Crippen molar-refractivity contribution >= 4 is 11.4 Å². The van der Waals surface area contributed by atoms with Crippen LogP contribution in [0.5, 0.6) is 0 Å². The lowest BCUT2D eigenvalue weighted by molar-refractivity contribution is -0.384. The Morgan fingerprint density at radius 1 is 1.41 bits per heavy atom. The lowest BCUT2D eigenvalue weighted by Gasteiger charge is -2.15. The molecule has 0 amide bonds. The molecular weight excluding hydrogens is 216 g/mol. The molecule has 1 fully saturated rings. The van der Waals surface area contributed by atoms with Crippen LogP contribution in [0.25, 0.3) is 0 Å². The molecule has 1 aromatic carbocycles. The number of nitro benzene ring substituents is 1. The van der Waals surface area contributed by atoms with Gasteiger partial charge in [0, 0.05) is 23.9 Å². The van der Waals surface area contributed by atoms with E-state index in [4.69, 9.17) is 0 Å². The second-order valence-corrected chi connectivity index (χ2v) is 5.02. The van der Waals surface area contributed by atoms with Crippen molar-refractivity contribution in [3.8, 4) is 0 Å². The average Bonchev–Trinajstić information content (AvgIpc) is 2.67. The third-order valence-electron chi connectivity index (χ3n) is 3.49. The van der Waals surface area contributed by atoms with E-state index >= 15 is 0 Å². The molecule has 0 spiro atoms. The summed E-state index contributed by atoms with van der Waals surface area (Å²) in [7, 11) is 0. The molecule has 0 aromatic heterocycles. The third kappa shape index (κ3) is 2.75. The summed E-state index contributed by atoms with van der Waals surface area (Å²) in [5.74, 6) is 0.756. The maximum absolute atomic E-state index is 10.7. The Kier molecular flexibility index (Phi) is 3.31. The van der Waals surface area contributed by atoms with Crippen LogP contribution < -0.4 is 5.32 Å². The highest BCUT2D eigenvalue weighted by Gasteiger charge is 2.21. The first kappa shape index (κ1) is 11.9. The lowest BCUT2D eigenvalue weighted by atomic mass is 10.1. The molecule has 0 heterocycles. The fourth-order valence-electron chi connectivity index (χ4n) is 2.44. The summed E-state index contributed by atoms with van der Waals surface area (Å²) in [6.45, 7) is 4.23. The van der Waals surface area contributed by atoms with E-state index in [2.05, 4.69) is 12.2 Å². The van der Waals surface area contributed by atoms with Gasteiger partial charge in [0.15, 0.2) is 0 Å². The van der Waals surface area contributed by atoms with Gasteiger partial charge in [0.25, 0.3) is 5.69 Å². The summed E-state index contributed by atoms with van der Waals surface area (Å²) in [5.41, 5.74) is 2.12. The first-order valence-corrected chi connectivity index (χ1v) is 6.08. The van der Waals surface area contributed by atoms with Gasteiger partial charge in [-0.25, -0.2) is 0 Å². The van der Waals surface area contributed by atoms with E-state index in [1.165, 1.54) is 6.42 Å². The van der Waals surface area contributed by atoms with Crippen molar-refractivity contribution in [2.75, 3.05) is 5.32 Å². The van der Waals surface area contributed by atoms with Gasteiger partial charge in [0.2, 0.25) is 0 Å². The summed E-state index contributed by atoms with van der Waals surface area (Å²) < 4.78 is 0. The molecule has 1 aliphatic carbocycles. The highest BCUT2D eigenvalue weighted by Crippen LogP contribution is 2.29. The lowest BCUT2D eigenvalue weighted by Crippen LogP contribution is -2.16. The number of aryl methyl sites for hydroxylation is 1. The number of non-ortho nitro benzene ring substituents is 1. The molecule has 1 aromatic rings. The van der Waals surface area contributed by atoms with Crippen molar-refractivity contribution in [1.29, 1.82) is 0 Å². The molecule has 17 heavy (non-hydrogen) atoms. The fourth-order valence-corrected chi connectivity index (χ4v) is 2.44. The first-order valence-electron chi connectivity index (χ1n) is 6.08. The van der Waals surface area contributed by atoms with E-state index in [9.17, 15) is 10.1 Å². The maximum Gasteiger partial charge on any atom is 0.271 e. The fraction of sp³-hybridized carbons (Fsp3) is 0.538. The Morgan fingerprint density at radius 2 is 2.18 bits per heavy atom. The van der Waals surface area contributed by atoms with Crippen LogP contribution in [0.3, 0.4) is 0 Å². The van der Waals surface area contributed by atoms with Crippen LogP contribution in [-0.2, 0) is 0 Å². The van der Waals surface area contributed by atoms with Crippen LogP contribution in [0.15, 0.2) is 18.2 Å².